The van der Waals surface area contributed by atoms with Gasteiger partial charge in [0.05, 0.1) is 6.61 Å². The van der Waals surface area contributed by atoms with Gasteiger partial charge in [-0.05, 0) is 63.0 Å². The van der Waals surface area contributed by atoms with E-state index in [4.69, 9.17) is 4.74 Å². The summed E-state index contributed by atoms with van der Waals surface area (Å²) in [7, 11) is 0. The third-order valence-corrected chi connectivity index (χ3v) is 3.66. The van der Waals surface area contributed by atoms with Crippen LogP contribution in [0.3, 0.4) is 0 Å². The minimum atomic E-state index is -0.261. The van der Waals surface area contributed by atoms with Crippen molar-refractivity contribution in [1.82, 2.24) is 10.6 Å². The number of carbonyl (C=O) groups is 1. The van der Waals surface area contributed by atoms with Crippen molar-refractivity contribution in [3.05, 3.63) is 30.1 Å². The molecular weight excluding hydrogens is 307 g/mol. The van der Waals surface area contributed by atoms with Gasteiger partial charge in [-0.25, -0.2) is 4.39 Å². The smallest absolute Gasteiger partial charge is 0.223 e. The Morgan fingerprint density at radius 3 is 2.59 bits per heavy atom. The Morgan fingerprint density at radius 1 is 1.23 bits per heavy atom. The summed E-state index contributed by atoms with van der Waals surface area (Å²) in [5.41, 5.74) is 0. The van der Waals surface area contributed by atoms with Crippen LogP contribution < -0.4 is 15.4 Å². The Hall–Kier alpha value is -1.33. The molecule has 0 aromatic heterocycles. The molecule has 0 unspecified atom stereocenters. The Balaban J connectivity index is 0.00000242. The van der Waals surface area contributed by atoms with Gasteiger partial charge >= 0.3 is 0 Å². The van der Waals surface area contributed by atoms with E-state index in [1.165, 1.54) is 12.1 Å². The maximum absolute atomic E-state index is 12.7. The molecule has 1 fully saturated rings. The number of benzene rings is 1. The third-order valence-electron chi connectivity index (χ3n) is 3.66. The monoisotopic (exact) mass is 330 g/mol. The number of nitrogens with one attached hydrogen (secondary N) is 2. The zero-order valence-corrected chi connectivity index (χ0v) is 13.5. The van der Waals surface area contributed by atoms with Gasteiger partial charge < -0.3 is 15.4 Å². The summed E-state index contributed by atoms with van der Waals surface area (Å²) in [6.45, 7) is 3.14. The predicted octanol–water partition coefficient (Wildman–Crippen LogP) is 2.52. The summed E-state index contributed by atoms with van der Waals surface area (Å²) in [5, 5.41) is 6.24. The maximum Gasteiger partial charge on any atom is 0.223 e. The summed E-state index contributed by atoms with van der Waals surface area (Å²) in [6.07, 6.45) is 3.61. The molecule has 0 radical (unpaired) electrons. The standard InChI is InChI=1S/C16H23FN2O2.ClH/c17-14-3-5-15(6-4-14)21-12-2-1-9-19-16(20)13-7-10-18-11-8-13;/h3-6,13,18H,1-2,7-12H2,(H,19,20);1H. The van der Waals surface area contributed by atoms with E-state index in [-0.39, 0.29) is 30.0 Å². The third kappa shape index (κ3) is 6.62. The van der Waals surface area contributed by atoms with Gasteiger partial charge in [0.1, 0.15) is 11.6 Å². The fourth-order valence-electron chi connectivity index (χ4n) is 2.39. The highest BCUT2D eigenvalue weighted by atomic mass is 35.5. The molecule has 0 atom stereocenters. The molecule has 124 valence electrons. The molecule has 2 rings (SSSR count). The van der Waals surface area contributed by atoms with Crippen molar-refractivity contribution < 1.29 is 13.9 Å². The van der Waals surface area contributed by atoms with Crippen LogP contribution in [0.1, 0.15) is 25.7 Å². The van der Waals surface area contributed by atoms with Gasteiger partial charge in [-0.2, -0.15) is 0 Å². The Kier molecular flexibility index (Phi) is 8.85. The number of amides is 1. The first-order valence-electron chi connectivity index (χ1n) is 7.62. The highest BCUT2D eigenvalue weighted by Crippen LogP contribution is 2.12. The first kappa shape index (κ1) is 18.7. The lowest BCUT2D eigenvalue weighted by Crippen LogP contribution is -2.38. The molecule has 1 saturated heterocycles. The molecule has 0 saturated carbocycles. The number of rotatable bonds is 7. The minimum absolute atomic E-state index is 0. The number of hydrogen-bond acceptors (Lipinski definition) is 3. The van der Waals surface area contributed by atoms with Gasteiger partial charge in [-0.3, -0.25) is 4.79 Å². The van der Waals surface area contributed by atoms with Gasteiger partial charge in [0, 0.05) is 12.5 Å². The molecule has 1 amide bonds. The van der Waals surface area contributed by atoms with Crippen LogP contribution in [0.4, 0.5) is 4.39 Å². The summed E-state index contributed by atoms with van der Waals surface area (Å²) in [5.74, 6) is 0.760. The number of unbranched alkanes of at least 4 members (excludes halogenated alkanes) is 1. The molecular formula is C16H24ClFN2O2. The summed E-state index contributed by atoms with van der Waals surface area (Å²) >= 11 is 0. The molecule has 1 heterocycles. The van der Waals surface area contributed by atoms with E-state index in [9.17, 15) is 9.18 Å². The van der Waals surface area contributed by atoms with E-state index >= 15 is 0 Å². The second kappa shape index (κ2) is 10.4. The Morgan fingerprint density at radius 2 is 1.91 bits per heavy atom. The van der Waals surface area contributed by atoms with E-state index in [2.05, 4.69) is 10.6 Å². The summed E-state index contributed by atoms with van der Waals surface area (Å²) in [6, 6.07) is 6.01. The van der Waals surface area contributed by atoms with Crippen molar-refractivity contribution >= 4 is 18.3 Å². The number of hydrogen-bond donors (Lipinski definition) is 2. The van der Waals surface area contributed by atoms with E-state index in [0.29, 0.717) is 18.9 Å². The van der Waals surface area contributed by atoms with Gasteiger partial charge in [0.25, 0.3) is 0 Å². The average molecular weight is 331 g/mol. The van der Waals surface area contributed by atoms with Crippen LogP contribution >= 0.6 is 12.4 Å². The summed E-state index contributed by atoms with van der Waals surface area (Å²) < 4.78 is 18.2. The lowest BCUT2D eigenvalue weighted by molar-refractivity contribution is -0.125. The van der Waals surface area contributed by atoms with Crippen LogP contribution in [-0.4, -0.2) is 32.1 Å². The number of ether oxygens (including phenoxy) is 1. The largest absolute Gasteiger partial charge is 0.494 e. The first-order valence-corrected chi connectivity index (χ1v) is 7.62. The van der Waals surface area contributed by atoms with Gasteiger partial charge in [-0.1, -0.05) is 0 Å². The molecule has 0 aliphatic carbocycles. The van der Waals surface area contributed by atoms with Gasteiger partial charge in [0.15, 0.2) is 0 Å². The van der Waals surface area contributed by atoms with Crippen LogP contribution in [0, 0.1) is 11.7 Å². The second-order valence-corrected chi connectivity index (χ2v) is 5.32. The number of piperidine rings is 1. The molecule has 1 aromatic rings. The fourth-order valence-corrected chi connectivity index (χ4v) is 2.39. The summed E-state index contributed by atoms with van der Waals surface area (Å²) in [4.78, 5) is 11.9. The topological polar surface area (TPSA) is 50.4 Å². The van der Waals surface area contributed by atoms with Crippen molar-refractivity contribution in [3.8, 4) is 5.75 Å². The van der Waals surface area contributed by atoms with Gasteiger partial charge in [0.2, 0.25) is 5.91 Å². The zero-order valence-electron chi connectivity index (χ0n) is 12.6. The molecule has 1 aromatic carbocycles. The van der Waals surface area contributed by atoms with Crippen molar-refractivity contribution in [2.45, 2.75) is 25.7 Å². The fraction of sp³-hybridized carbons (Fsp3) is 0.562. The van der Waals surface area contributed by atoms with Crippen molar-refractivity contribution in [2.75, 3.05) is 26.2 Å². The molecule has 1 aliphatic rings. The normalized spacial score (nSPS) is 15.0. The van der Waals surface area contributed by atoms with Crippen molar-refractivity contribution in [3.63, 3.8) is 0 Å². The minimum Gasteiger partial charge on any atom is -0.494 e. The van der Waals surface area contributed by atoms with Crippen molar-refractivity contribution in [1.29, 1.82) is 0 Å². The number of halogens is 2. The Labute approximate surface area is 137 Å². The van der Waals surface area contributed by atoms with E-state index in [0.717, 1.165) is 38.8 Å². The highest BCUT2D eigenvalue weighted by molar-refractivity contribution is 5.85. The average Bonchev–Trinajstić information content (AvgIpc) is 2.53. The molecule has 22 heavy (non-hydrogen) atoms. The van der Waals surface area contributed by atoms with Gasteiger partial charge in [-0.15, -0.1) is 12.4 Å². The predicted molar refractivity (Wildman–Crippen MR) is 87.0 cm³/mol. The van der Waals surface area contributed by atoms with E-state index in [1.54, 1.807) is 12.1 Å². The zero-order chi connectivity index (χ0) is 14.9. The molecule has 2 N–H and O–H groups in total. The first-order chi connectivity index (χ1) is 10.3. The Bertz CT molecular complexity index is 436. The highest BCUT2D eigenvalue weighted by Gasteiger charge is 2.19. The molecule has 0 spiro atoms. The molecule has 6 heteroatoms. The lowest BCUT2D eigenvalue weighted by atomic mass is 9.97. The van der Waals surface area contributed by atoms with E-state index < -0.39 is 0 Å². The van der Waals surface area contributed by atoms with E-state index in [1.807, 2.05) is 0 Å². The SMILES string of the molecule is Cl.O=C(NCCCCOc1ccc(F)cc1)C1CCNCC1. The quantitative estimate of drug-likeness (QED) is 0.755. The van der Waals surface area contributed by atoms with Crippen LogP contribution in [0.5, 0.6) is 5.75 Å². The van der Waals surface area contributed by atoms with Crippen LogP contribution in [-0.2, 0) is 4.79 Å². The maximum atomic E-state index is 12.7. The van der Waals surface area contributed by atoms with Crippen LogP contribution in [0.2, 0.25) is 0 Å². The number of carbonyl (C=O) groups excluding carboxylic acids is 1. The molecule has 1 aliphatic heterocycles. The van der Waals surface area contributed by atoms with Crippen molar-refractivity contribution in [2.24, 2.45) is 5.92 Å². The molecule has 0 bridgehead atoms. The van der Waals surface area contributed by atoms with Crippen LogP contribution in [0.25, 0.3) is 0 Å². The lowest BCUT2D eigenvalue weighted by Gasteiger charge is -2.21. The molecule has 4 nitrogen and oxygen atoms in total. The second-order valence-electron chi connectivity index (χ2n) is 5.32. The van der Waals surface area contributed by atoms with Crippen LogP contribution in [0.15, 0.2) is 24.3 Å².